The molecule has 0 spiro atoms. The highest BCUT2D eigenvalue weighted by atomic mass is 16.4. The van der Waals surface area contributed by atoms with Crippen LogP contribution < -0.4 is 0 Å². The molecule has 2 aromatic rings. The van der Waals surface area contributed by atoms with E-state index < -0.39 is 5.97 Å². The van der Waals surface area contributed by atoms with Gasteiger partial charge in [-0.1, -0.05) is 20.8 Å². The normalized spacial score (nSPS) is 16.6. The molecule has 0 aliphatic heterocycles. The van der Waals surface area contributed by atoms with Crippen LogP contribution in [0, 0.1) is 11.3 Å². The maximum atomic E-state index is 11.2. The summed E-state index contributed by atoms with van der Waals surface area (Å²) in [6.07, 6.45) is 3.38. The van der Waals surface area contributed by atoms with Gasteiger partial charge in [-0.2, -0.15) is 0 Å². The number of carboxylic acid groups (broad SMARTS) is 1. The largest absolute Gasteiger partial charge is 0.478 e. The van der Waals surface area contributed by atoms with E-state index in [0.29, 0.717) is 16.9 Å². The second-order valence-electron chi connectivity index (χ2n) is 6.49. The van der Waals surface area contributed by atoms with Crippen molar-refractivity contribution in [2.45, 2.75) is 46.6 Å². The van der Waals surface area contributed by atoms with Crippen LogP contribution in [0.1, 0.15) is 49.8 Å². The van der Waals surface area contributed by atoms with E-state index in [1.165, 1.54) is 12.8 Å². The van der Waals surface area contributed by atoms with Crippen LogP contribution in [0.3, 0.4) is 0 Å². The molecule has 0 bridgehead atoms. The van der Waals surface area contributed by atoms with Gasteiger partial charge in [-0.05, 0) is 42.4 Å². The van der Waals surface area contributed by atoms with Crippen LogP contribution in [0.25, 0.3) is 11.0 Å². The number of imidazole rings is 1. The van der Waals surface area contributed by atoms with E-state index in [2.05, 4.69) is 30.3 Å². The zero-order valence-corrected chi connectivity index (χ0v) is 12.9. The zero-order valence-electron chi connectivity index (χ0n) is 12.9. The molecule has 1 aliphatic carbocycles. The summed E-state index contributed by atoms with van der Waals surface area (Å²) in [6.45, 7) is 7.61. The monoisotopic (exact) mass is 286 g/mol. The Morgan fingerprint density at radius 1 is 1.43 bits per heavy atom. The number of aryl methyl sites for hydroxylation is 1. The SMILES string of the molecule is CCc1nc2ccc(C(=O)O)cc2n1CC1(C(C)C)CC1. The van der Waals surface area contributed by atoms with Crippen LogP contribution in [-0.2, 0) is 13.0 Å². The number of benzene rings is 1. The highest BCUT2D eigenvalue weighted by Crippen LogP contribution is 2.53. The Morgan fingerprint density at radius 2 is 2.14 bits per heavy atom. The highest BCUT2D eigenvalue weighted by Gasteiger charge is 2.45. The van der Waals surface area contributed by atoms with Crippen molar-refractivity contribution in [3.8, 4) is 0 Å². The van der Waals surface area contributed by atoms with Crippen LogP contribution in [0.15, 0.2) is 18.2 Å². The second-order valence-corrected chi connectivity index (χ2v) is 6.49. The lowest BCUT2D eigenvalue weighted by Gasteiger charge is -2.22. The lowest BCUT2D eigenvalue weighted by Crippen LogP contribution is -2.19. The minimum Gasteiger partial charge on any atom is -0.478 e. The topological polar surface area (TPSA) is 55.1 Å². The molecule has 0 radical (unpaired) electrons. The van der Waals surface area contributed by atoms with E-state index >= 15 is 0 Å². The standard InChI is InChI=1S/C17H22N2O2/c1-4-15-18-13-6-5-12(16(20)21)9-14(13)19(15)10-17(7-8-17)11(2)3/h5-6,9,11H,4,7-8,10H2,1-3H3,(H,20,21). The fraction of sp³-hybridized carbons (Fsp3) is 0.529. The number of hydrogen-bond donors (Lipinski definition) is 1. The van der Waals surface area contributed by atoms with Gasteiger partial charge in [0, 0.05) is 13.0 Å². The fourth-order valence-electron chi connectivity index (χ4n) is 3.15. The van der Waals surface area contributed by atoms with E-state index in [-0.39, 0.29) is 0 Å². The Kier molecular flexibility index (Phi) is 3.27. The number of aromatic carboxylic acids is 1. The quantitative estimate of drug-likeness (QED) is 0.911. The summed E-state index contributed by atoms with van der Waals surface area (Å²) in [7, 11) is 0. The van der Waals surface area contributed by atoms with Crippen molar-refractivity contribution < 1.29 is 9.90 Å². The number of aromatic nitrogens is 2. The fourth-order valence-corrected chi connectivity index (χ4v) is 3.15. The molecular weight excluding hydrogens is 264 g/mol. The smallest absolute Gasteiger partial charge is 0.335 e. The van der Waals surface area contributed by atoms with Crippen LogP contribution in [0.2, 0.25) is 0 Å². The molecule has 112 valence electrons. The van der Waals surface area contributed by atoms with Crippen molar-refractivity contribution >= 4 is 17.0 Å². The molecule has 3 rings (SSSR count). The van der Waals surface area contributed by atoms with Gasteiger partial charge in [0.1, 0.15) is 5.82 Å². The summed E-state index contributed by atoms with van der Waals surface area (Å²) in [6, 6.07) is 5.22. The summed E-state index contributed by atoms with van der Waals surface area (Å²) >= 11 is 0. The van der Waals surface area contributed by atoms with Crippen molar-refractivity contribution in [3.05, 3.63) is 29.6 Å². The predicted octanol–water partition coefficient (Wildman–Crippen LogP) is 3.73. The molecule has 0 saturated heterocycles. The molecule has 4 nitrogen and oxygen atoms in total. The predicted molar refractivity (Wildman–Crippen MR) is 82.6 cm³/mol. The number of carboxylic acids is 1. The minimum atomic E-state index is -0.882. The molecule has 1 fully saturated rings. The Bertz CT molecular complexity index is 696. The van der Waals surface area contributed by atoms with Gasteiger partial charge in [0.05, 0.1) is 16.6 Å². The third kappa shape index (κ3) is 2.33. The van der Waals surface area contributed by atoms with E-state index in [9.17, 15) is 9.90 Å². The summed E-state index contributed by atoms with van der Waals surface area (Å²) in [5.41, 5.74) is 2.56. The molecule has 21 heavy (non-hydrogen) atoms. The lowest BCUT2D eigenvalue weighted by molar-refractivity contribution is 0.0697. The second kappa shape index (κ2) is 4.86. The van der Waals surface area contributed by atoms with Crippen molar-refractivity contribution in [2.75, 3.05) is 0 Å². The molecule has 1 heterocycles. The molecule has 1 N–H and O–H groups in total. The Labute approximate surface area is 124 Å². The van der Waals surface area contributed by atoms with E-state index in [1.54, 1.807) is 12.1 Å². The van der Waals surface area contributed by atoms with Gasteiger partial charge in [-0.25, -0.2) is 9.78 Å². The van der Waals surface area contributed by atoms with Gasteiger partial charge in [0.2, 0.25) is 0 Å². The number of carbonyl (C=O) groups is 1. The first-order chi connectivity index (χ1) is 9.97. The Hall–Kier alpha value is -1.84. The zero-order chi connectivity index (χ0) is 15.2. The maximum Gasteiger partial charge on any atom is 0.335 e. The van der Waals surface area contributed by atoms with Gasteiger partial charge >= 0.3 is 5.97 Å². The van der Waals surface area contributed by atoms with Crippen LogP contribution in [-0.4, -0.2) is 20.6 Å². The van der Waals surface area contributed by atoms with Crippen LogP contribution in [0.4, 0.5) is 0 Å². The molecule has 4 heteroatoms. The Morgan fingerprint density at radius 3 is 2.67 bits per heavy atom. The number of hydrogen-bond acceptors (Lipinski definition) is 2. The molecule has 1 aliphatic rings. The molecule has 0 unspecified atom stereocenters. The molecule has 0 atom stereocenters. The molecule has 1 aromatic carbocycles. The highest BCUT2D eigenvalue weighted by molar-refractivity contribution is 5.92. The first-order valence-electron chi connectivity index (χ1n) is 7.69. The van der Waals surface area contributed by atoms with Gasteiger partial charge in [-0.15, -0.1) is 0 Å². The van der Waals surface area contributed by atoms with Crippen molar-refractivity contribution in [3.63, 3.8) is 0 Å². The summed E-state index contributed by atoms with van der Waals surface area (Å²) < 4.78 is 2.24. The van der Waals surface area contributed by atoms with Gasteiger partial charge in [0.15, 0.2) is 0 Å². The first-order valence-corrected chi connectivity index (χ1v) is 7.69. The third-order valence-electron chi connectivity index (χ3n) is 4.98. The van der Waals surface area contributed by atoms with E-state index in [4.69, 9.17) is 0 Å². The molecule has 1 aromatic heterocycles. The Balaban J connectivity index is 2.10. The van der Waals surface area contributed by atoms with Crippen LogP contribution in [0.5, 0.6) is 0 Å². The lowest BCUT2D eigenvalue weighted by atomic mass is 9.92. The molecule has 1 saturated carbocycles. The molecule has 0 amide bonds. The summed E-state index contributed by atoms with van der Waals surface area (Å²) in [5.74, 6) is 0.814. The third-order valence-corrected chi connectivity index (χ3v) is 4.98. The van der Waals surface area contributed by atoms with Crippen molar-refractivity contribution in [1.82, 2.24) is 9.55 Å². The van der Waals surface area contributed by atoms with E-state index in [0.717, 1.165) is 29.8 Å². The van der Waals surface area contributed by atoms with Gasteiger partial charge < -0.3 is 9.67 Å². The average Bonchev–Trinajstić information content (AvgIpc) is 3.16. The maximum absolute atomic E-state index is 11.2. The molecular formula is C17H22N2O2. The average molecular weight is 286 g/mol. The van der Waals surface area contributed by atoms with Gasteiger partial charge in [-0.3, -0.25) is 0 Å². The van der Waals surface area contributed by atoms with E-state index in [1.807, 2.05) is 6.07 Å². The number of nitrogens with zero attached hydrogens (tertiary/aromatic N) is 2. The number of rotatable bonds is 5. The summed E-state index contributed by atoms with van der Waals surface area (Å²) in [5, 5.41) is 9.20. The first kappa shape index (κ1) is 14.1. The minimum absolute atomic E-state index is 0.334. The van der Waals surface area contributed by atoms with Gasteiger partial charge in [0.25, 0.3) is 0 Å². The van der Waals surface area contributed by atoms with Crippen molar-refractivity contribution in [1.29, 1.82) is 0 Å². The summed E-state index contributed by atoms with van der Waals surface area (Å²) in [4.78, 5) is 15.9. The number of fused-ring (bicyclic) bond motifs is 1. The van der Waals surface area contributed by atoms with Crippen LogP contribution >= 0.6 is 0 Å². The van der Waals surface area contributed by atoms with Crippen molar-refractivity contribution in [2.24, 2.45) is 11.3 Å².